The third-order valence-electron chi connectivity index (χ3n) is 7.09. The summed E-state index contributed by atoms with van der Waals surface area (Å²) in [6.45, 7) is 1.14. The number of aromatic nitrogens is 2. The molecule has 1 fully saturated rings. The topological polar surface area (TPSA) is 75.4 Å². The largest absolute Gasteiger partial charge is 0.478 e. The summed E-state index contributed by atoms with van der Waals surface area (Å²) in [5.74, 6) is -6.84. The maximum Gasteiger partial charge on any atom is 0.335 e. The number of amides is 1. The maximum absolute atomic E-state index is 15.5. The molecule has 0 atom stereocenters. The third-order valence-corrected chi connectivity index (χ3v) is 7.34. The van der Waals surface area contributed by atoms with Crippen LogP contribution in [0.1, 0.15) is 49.4 Å². The van der Waals surface area contributed by atoms with E-state index in [1.54, 1.807) is 28.8 Å². The standard InChI is InChI=1S/C28H22ClF4N3O3/c1-15(37)35(25-21(32)11-17(27(38)39)12-22(25)33)28(9-3-2-4-10-28)36-24-14-20(31)19(30)13-23(24)34-26(36)16-5-7-18(29)8-6-16/h5-8,11-14H,2-4,9-10H2,1H3,(H,38,39). The van der Waals surface area contributed by atoms with Crippen molar-refractivity contribution < 1.29 is 32.3 Å². The lowest BCUT2D eigenvalue weighted by Crippen LogP contribution is -2.55. The number of carbonyl (C=O) groups is 2. The minimum absolute atomic E-state index is 0.0782. The van der Waals surface area contributed by atoms with Crippen molar-refractivity contribution in [1.29, 1.82) is 0 Å². The summed E-state index contributed by atoms with van der Waals surface area (Å²) >= 11 is 6.07. The van der Waals surface area contributed by atoms with E-state index in [0.29, 0.717) is 35.6 Å². The fraction of sp³-hybridized carbons (Fsp3) is 0.250. The molecular weight excluding hydrogens is 538 g/mol. The van der Waals surface area contributed by atoms with E-state index in [2.05, 4.69) is 4.98 Å². The van der Waals surface area contributed by atoms with Crippen LogP contribution in [0.3, 0.4) is 0 Å². The predicted molar refractivity (Wildman–Crippen MR) is 138 cm³/mol. The summed E-state index contributed by atoms with van der Waals surface area (Å²) in [7, 11) is 0. The fourth-order valence-electron chi connectivity index (χ4n) is 5.51. The van der Waals surface area contributed by atoms with E-state index < -0.39 is 52.1 Å². The molecule has 1 N–H and O–H groups in total. The van der Waals surface area contributed by atoms with E-state index in [4.69, 9.17) is 11.6 Å². The molecule has 39 heavy (non-hydrogen) atoms. The molecule has 0 aliphatic heterocycles. The first-order chi connectivity index (χ1) is 18.5. The van der Waals surface area contributed by atoms with Crippen LogP contribution in [0.5, 0.6) is 0 Å². The highest BCUT2D eigenvalue weighted by molar-refractivity contribution is 6.30. The average Bonchev–Trinajstić information content (AvgIpc) is 3.25. The number of fused-ring (bicyclic) bond motifs is 1. The lowest BCUT2D eigenvalue weighted by Gasteiger charge is -2.48. The second kappa shape index (κ2) is 10.00. The van der Waals surface area contributed by atoms with Crippen molar-refractivity contribution in [2.24, 2.45) is 0 Å². The van der Waals surface area contributed by atoms with Gasteiger partial charge in [0.2, 0.25) is 5.91 Å². The zero-order valence-corrected chi connectivity index (χ0v) is 21.4. The van der Waals surface area contributed by atoms with E-state index >= 15 is 8.78 Å². The van der Waals surface area contributed by atoms with Gasteiger partial charge in [0.05, 0.1) is 16.6 Å². The van der Waals surface area contributed by atoms with Crippen molar-refractivity contribution in [3.05, 3.63) is 82.4 Å². The van der Waals surface area contributed by atoms with Crippen LogP contribution in [0.15, 0.2) is 48.5 Å². The Kier molecular flexibility index (Phi) is 6.84. The number of carboxylic acid groups (broad SMARTS) is 1. The number of halogens is 5. The number of carbonyl (C=O) groups excluding carboxylic acids is 1. The lowest BCUT2D eigenvalue weighted by atomic mass is 9.85. The number of carboxylic acids is 1. The monoisotopic (exact) mass is 559 g/mol. The average molecular weight is 560 g/mol. The third kappa shape index (κ3) is 4.52. The van der Waals surface area contributed by atoms with Crippen LogP contribution in [0.25, 0.3) is 22.4 Å². The number of imidazole rings is 1. The Labute approximate surface area is 225 Å². The van der Waals surface area contributed by atoms with Gasteiger partial charge in [-0.25, -0.2) is 27.3 Å². The van der Waals surface area contributed by atoms with Crippen molar-refractivity contribution in [3.63, 3.8) is 0 Å². The molecule has 3 aromatic carbocycles. The highest BCUT2D eigenvalue weighted by atomic mass is 35.5. The molecular formula is C28H22ClF4N3O3. The Bertz CT molecular complexity index is 1590. The van der Waals surface area contributed by atoms with Gasteiger partial charge in [-0.2, -0.15) is 0 Å². The second-order valence-electron chi connectivity index (χ2n) is 9.52. The Hall–Kier alpha value is -3.92. The van der Waals surface area contributed by atoms with Gasteiger partial charge in [-0.15, -0.1) is 0 Å². The Morgan fingerprint density at radius 3 is 2.08 bits per heavy atom. The van der Waals surface area contributed by atoms with Crippen LogP contribution in [-0.4, -0.2) is 26.5 Å². The molecule has 1 heterocycles. The molecule has 6 nitrogen and oxygen atoms in total. The normalized spacial score (nSPS) is 14.9. The van der Waals surface area contributed by atoms with E-state index in [0.717, 1.165) is 30.4 Å². The first kappa shape index (κ1) is 26.7. The van der Waals surface area contributed by atoms with E-state index in [1.165, 1.54) is 0 Å². The molecule has 11 heteroatoms. The first-order valence-electron chi connectivity index (χ1n) is 12.2. The van der Waals surface area contributed by atoms with Gasteiger partial charge in [-0.1, -0.05) is 18.0 Å². The molecule has 1 aromatic heterocycles. The molecule has 202 valence electrons. The van der Waals surface area contributed by atoms with Crippen LogP contribution < -0.4 is 4.90 Å². The zero-order chi connectivity index (χ0) is 28.1. The van der Waals surface area contributed by atoms with Gasteiger partial charge in [-0.3, -0.25) is 14.3 Å². The number of hydrogen-bond donors (Lipinski definition) is 1. The predicted octanol–water partition coefficient (Wildman–Crippen LogP) is 7.28. The fourth-order valence-corrected chi connectivity index (χ4v) is 5.64. The summed E-state index contributed by atoms with van der Waals surface area (Å²) in [6.07, 6.45) is 2.27. The van der Waals surface area contributed by atoms with Crippen LogP contribution in [-0.2, 0) is 10.5 Å². The van der Waals surface area contributed by atoms with Crippen molar-refractivity contribution in [2.75, 3.05) is 4.90 Å². The van der Waals surface area contributed by atoms with Gasteiger partial charge in [0.25, 0.3) is 0 Å². The van der Waals surface area contributed by atoms with Gasteiger partial charge in [0, 0.05) is 29.6 Å². The van der Waals surface area contributed by atoms with Crippen LogP contribution >= 0.6 is 11.6 Å². The first-order valence-corrected chi connectivity index (χ1v) is 12.6. The van der Waals surface area contributed by atoms with Gasteiger partial charge >= 0.3 is 5.97 Å². The lowest BCUT2D eigenvalue weighted by molar-refractivity contribution is -0.119. The molecule has 0 saturated heterocycles. The number of aromatic carboxylic acids is 1. The molecule has 0 bridgehead atoms. The van der Waals surface area contributed by atoms with Gasteiger partial charge in [-0.05, 0) is 62.1 Å². The summed E-state index contributed by atoms with van der Waals surface area (Å²) < 4.78 is 61.5. The van der Waals surface area contributed by atoms with Crippen molar-refractivity contribution >= 4 is 40.2 Å². The Morgan fingerprint density at radius 1 is 0.923 bits per heavy atom. The van der Waals surface area contributed by atoms with E-state index in [1.807, 2.05) is 0 Å². The Morgan fingerprint density at radius 2 is 1.51 bits per heavy atom. The molecule has 0 unspecified atom stereocenters. The SMILES string of the molecule is CC(=O)N(c1c(F)cc(C(=O)O)cc1F)C1(n2c(-c3ccc(Cl)cc3)nc3cc(F)c(F)cc32)CCCCC1. The number of rotatable bonds is 5. The molecule has 0 radical (unpaired) electrons. The van der Waals surface area contributed by atoms with Crippen molar-refractivity contribution in [1.82, 2.24) is 9.55 Å². The molecule has 0 spiro atoms. The van der Waals surface area contributed by atoms with Crippen molar-refractivity contribution in [3.8, 4) is 11.4 Å². The highest BCUT2D eigenvalue weighted by Gasteiger charge is 2.46. The van der Waals surface area contributed by atoms with Gasteiger partial charge in [0.1, 0.15) is 17.2 Å². The number of nitrogens with zero attached hydrogens (tertiary/aromatic N) is 3. The summed E-state index contributed by atoms with van der Waals surface area (Å²) in [6, 6.07) is 9.66. The quantitative estimate of drug-likeness (QED) is 0.261. The molecule has 5 rings (SSSR count). The van der Waals surface area contributed by atoms with Crippen LogP contribution in [0.4, 0.5) is 23.2 Å². The minimum Gasteiger partial charge on any atom is -0.478 e. The van der Waals surface area contributed by atoms with Crippen molar-refractivity contribution in [2.45, 2.75) is 44.7 Å². The molecule has 1 amide bonds. The van der Waals surface area contributed by atoms with E-state index in [-0.39, 0.29) is 29.7 Å². The van der Waals surface area contributed by atoms with Crippen LogP contribution in [0, 0.1) is 23.3 Å². The highest BCUT2D eigenvalue weighted by Crippen LogP contribution is 2.46. The number of anilines is 1. The molecule has 1 aliphatic rings. The summed E-state index contributed by atoms with van der Waals surface area (Å²) in [5.41, 5.74) is -2.16. The van der Waals surface area contributed by atoms with Gasteiger partial charge < -0.3 is 5.11 Å². The number of benzene rings is 3. The zero-order valence-electron chi connectivity index (χ0n) is 20.6. The maximum atomic E-state index is 15.5. The van der Waals surface area contributed by atoms with Crippen LogP contribution in [0.2, 0.25) is 5.02 Å². The van der Waals surface area contributed by atoms with Gasteiger partial charge in [0.15, 0.2) is 23.3 Å². The molecule has 4 aromatic rings. The summed E-state index contributed by atoms with van der Waals surface area (Å²) in [4.78, 5) is 30.2. The smallest absolute Gasteiger partial charge is 0.335 e. The molecule has 1 saturated carbocycles. The number of hydrogen-bond acceptors (Lipinski definition) is 3. The molecule has 1 aliphatic carbocycles. The van der Waals surface area contributed by atoms with E-state index in [9.17, 15) is 23.5 Å². The minimum atomic E-state index is -1.54. The second-order valence-corrected chi connectivity index (χ2v) is 9.96. The Balaban J connectivity index is 1.88. The summed E-state index contributed by atoms with van der Waals surface area (Å²) in [5, 5.41) is 9.70.